The first-order valence-corrected chi connectivity index (χ1v) is 6.20. The molecule has 0 radical (unpaired) electrons. The summed E-state index contributed by atoms with van der Waals surface area (Å²) in [5.41, 5.74) is 1.06. The zero-order valence-corrected chi connectivity index (χ0v) is 10.9. The molecule has 0 atom stereocenters. The zero-order chi connectivity index (χ0) is 14.5. The van der Waals surface area contributed by atoms with Crippen LogP contribution in [0.4, 0.5) is 5.69 Å². The summed E-state index contributed by atoms with van der Waals surface area (Å²) >= 11 is 0. The number of carbonyl (C=O) groups excluding carboxylic acids is 1. The molecule has 0 saturated carbocycles. The summed E-state index contributed by atoms with van der Waals surface area (Å²) in [6.07, 6.45) is 6.01. The number of furan rings is 1. The molecule has 0 aliphatic carbocycles. The van der Waals surface area contributed by atoms with Crippen molar-refractivity contribution in [1.82, 2.24) is 9.97 Å². The standard InChI is InChI=1S/C15H11N3O3/c19-14(11-5-8-20-10-11)18-12-3-1-4-13(9-12)21-15-16-6-2-7-17-15/h1-10H,(H,18,19). The van der Waals surface area contributed by atoms with Crippen LogP contribution >= 0.6 is 0 Å². The Labute approximate surface area is 120 Å². The molecule has 0 spiro atoms. The van der Waals surface area contributed by atoms with Crippen molar-refractivity contribution in [3.63, 3.8) is 0 Å². The maximum atomic E-state index is 11.9. The SMILES string of the molecule is O=C(Nc1cccc(Oc2ncccn2)c1)c1ccoc1. The van der Waals surface area contributed by atoms with Crippen LogP contribution in [0.5, 0.6) is 11.8 Å². The minimum atomic E-state index is -0.253. The van der Waals surface area contributed by atoms with Gasteiger partial charge >= 0.3 is 6.01 Å². The van der Waals surface area contributed by atoms with Gasteiger partial charge in [-0.05, 0) is 24.3 Å². The number of nitrogens with one attached hydrogen (secondary N) is 1. The molecule has 3 aromatic rings. The van der Waals surface area contributed by atoms with Crippen molar-refractivity contribution in [2.75, 3.05) is 5.32 Å². The highest BCUT2D eigenvalue weighted by Gasteiger charge is 2.08. The predicted octanol–water partition coefficient (Wildman–Crippen LogP) is 3.11. The molecule has 21 heavy (non-hydrogen) atoms. The molecule has 1 N–H and O–H groups in total. The van der Waals surface area contributed by atoms with Gasteiger partial charge in [-0.25, -0.2) is 9.97 Å². The fraction of sp³-hybridized carbons (Fsp3) is 0. The highest BCUT2D eigenvalue weighted by molar-refractivity contribution is 6.04. The molecule has 2 heterocycles. The van der Waals surface area contributed by atoms with Crippen molar-refractivity contribution in [2.24, 2.45) is 0 Å². The second kappa shape index (κ2) is 5.87. The molecule has 3 rings (SSSR count). The molecule has 0 aliphatic rings. The monoisotopic (exact) mass is 281 g/mol. The molecule has 0 aliphatic heterocycles. The predicted molar refractivity (Wildman–Crippen MR) is 75.2 cm³/mol. The number of aromatic nitrogens is 2. The largest absolute Gasteiger partial charge is 0.472 e. The normalized spacial score (nSPS) is 10.1. The number of rotatable bonds is 4. The van der Waals surface area contributed by atoms with Gasteiger partial charge in [0.2, 0.25) is 0 Å². The summed E-state index contributed by atoms with van der Waals surface area (Å²) in [6.45, 7) is 0. The minimum absolute atomic E-state index is 0.246. The van der Waals surface area contributed by atoms with Gasteiger partial charge in [-0.1, -0.05) is 6.07 Å². The van der Waals surface area contributed by atoms with Gasteiger partial charge in [0.15, 0.2) is 0 Å². The summed E-state index contributed by atoms with van der Waals surface area (Å²) in [6, 6.07) is 10.5. The molecule has 2 aromatic heterocycles. The van der Waals surface area contributed by atoms with Crippen LogP contribution in [0.3, 0.4) is 0 Å². The average Bonchev–Trinajstić information content (AvgIpc) is 3.03. The smallest absolute Gasteiger partial charge is 0.321 e. The van der Waals surface area contributed by atoms with Crippen LogP contribution in [0.1, 0.15) is 10.4 Å². The quantitative estimate of drug-likeness (QED) is 0.795. The van der Waals surface area contributed by atoms with Crippen LogP contribution in [0.25, 0.3) is 0 Å². The summed E-state index contributed by atoms with van der Waals surface area (Å²) in [5.74, 6) is 0.281. The highest BCUT2D eigenvalue weighted by Crippen LogP contribution is 2.21. The van der Waals surface area contributed by atoms with Gasteiger partial charge in [0.05, 0.1) is 11.8 Å². The lowest BCUT2D eigenvalue weighted by Crippen LogP contribution is -2.10. The Morgan fingerprint density at radius 3 is 2.76 bits per heavy atom. The molecule has 1 amide bonds. The molecule has 0 fully saturated rings. The molecule has 0 bridgehead atoms. The van der Waals surface area contributed by atoms with Crippen LogP contribution in [0.15, 0.2) is 65.7 Å². The third-order valence-electron chi connectivity index (χ3n) is 2.63. The number of hydrogen-bond acceptors (Lipinski definition) is 5. The van der Waals surface area contributed by atoms with E-state index in [-0.39, 0.29) is 11.9 Å². The van der Waals surface area contributed by atoms with Gasteiger partial charge in [0.25, 0.3) is 5.91 Å². The maximum Gasteiger partial charge on any atom is 0.321 e. The van der Waals surface area contributed by atoms with Gasteiger partial charge in [-0.15, -0.1) is 0 Å². The topological polar surface area (TPSA) is 77.2 Å². The Kier molecular flexibility index (Phi) is 3.60. The van der Waals surface area contributed by atoms with Crippen LogP contribution < -0.4 is 10.1 Å². The molecule has 104 valence electrons. The Morgan fingerprint density at radius 1 is 1.14 bits per heavy atom. The second-order valence-electron chi connectivity index (χ2n) is 4.13. The first kappa shape index (κ1) is 12.9. The summed E-state index contributed by atoms with van der Waals surface area (Å²) in [4.78, 5) is 19.9. The second-order valence-corrected chi connectivity index (χ2v) is 4.13. The molecule has 1 aromatic carbocycles. The lowest BCUT2D eigenvalue weighted by Gasteiger charge is -2.07. The van der Waals surface area contributed by atoms with Gasteiger partial charge < -0.3 is 14.5 Å². The van der Waals surface area contributed by atoms with E-state index in [1.54, 1.807) is 48.8 Å². The molecule has 6 nitrogen and oxygen atoms in total. The third kappa shape index (κ3) is 3.24. The Morgan fingerprint density at radius 2 is 2.00 bits per heavy atom. The number of benzene rings is 1. The van der Waals surface area contributed by atoms with E-state index in [1.165, 1.54) is 12.5 Å². The number of anilines is 1. The highest BCUT2D eigenvalue weighted by atomic mass is 16.5. The number of carbonyl (C=O) groups is 1. The molecule has 0 saturated heterocycles. The lowest BCUT2D eigenvalue weighted by atomic mass is 10.2. The van der Waals surface area contributed by atoms with Crippen molar-refractivity contribution in [3.05, 3.63) is 66.9 Å². The first-order chi connectivity index (χ1) is 10.3. The third-order valence-corrected chi connectivity index (χ3v) is 2.63. The molecular weight excluding hydrogens is 270 g/mol. The fourth-order valence-electron chi connectivity index (χ4n) is 1.68. The van der Waals surface area contributed by atoms with Crippen molar-refractivity contribution >= 4 is 11.6 Å². The summed E-state index contributed by atoms with van der Waals surface area (Å²) < 4.78 is 10.4. The van der Waals surface area contributed by atoms with E-state index in [4.69, 9.17) is 9.15 Å². The summed E-state index contributed by atoms with van der Waals surface area (Å²) in [7, 11) is 0. The van der Waals surface area contributed by atoms with E-state index in [1.807, 2.05) is 0 Å². The minimum Gasteiger partial charge on any atom is -0.472 e. The lowest BCUT2D eigenvalue weighted by molar-refractivity contribution is 0.102. The number of ether oxygens (including phenoxy) is 1. The van der Waals surface area contributed by atoms with Crippen molar-refractivity contribution in [3.8, 4) is 11.8 Å². The maximum absolute atomic E-state index is 11.9. The van der Waals surface area contributed by atoms with Gasteiger partial charge in [0, 0.05) is 24.1 Å². The zero-order valence-electron chi connectivity index (χ0n) is 10.9. The first-order valence-electron chi connectivity index (χ1n) is 6.20. The number of hydrogen-bond donors (Lipinski definition) is 1. The van der Waals surface area contributed by atoms with Crippen molar-refractivity contribution < 1.29 is 13.9 Å². The van der Waals surface area contributed by atoms with Crippen LogP contribution in [-0.2, 0) is 0 Å². The number of amides is 1. The van der Waals surface area contributed by atoms with E-state index in [0.717, 1.165) is 0 Å². The van der Waals surface area contributed by atoms with Crippen molar-refractivity contribution in [2.45, 2.75) is 0 Å². The summed E-state index contributed by atoms with van der Waals surface area (Å²) in [5, 5.41) is 2.75. The van der Waals surface area contributed by atoms with Crippen LogP contribution in [0, 0.1) is 0 Å². The van der Waals surface area contributed by atoms with E-state index in [9.17, 15) is 4.79 Å². The van der Waals surface area contributed by atoms with Gasteiger partial charge in [-0.3, -0.25) is 4.79 Å². The van der Waals surface area contributed by atoms with Crippen molar-refractivity contribution in [1.29, 1.82) is 0 Å². The molecule has 0 unspecified atom stereocenters. The molecule has 6 heteroatoms. The van der Waals surface area contributed by atoms with Gasteiger partial charge in [0.1, 0.15) is 12.0 Å². The van der Waals surface area contributed by atoms with E-state index in [0.29, 0.717) is 17.0 Å². The fourth-order valence-corrected chi connectivity index (χ4v) is 1.68. The molecular formula is C15H11N3O3. The average molecular weight is 281 g/mol. The Hall–Kier alpha value is -3.15. The Bertz CT molecular complexity index is 727. The van der Waals surface area contributed by atoms with Crippen LogP contribution in [-0.4, -0.2) is 15.9 Å². The van der Waals surface area contributed by atoms with E-state index >= 15 is 0 Å². The number of nitrogens with zero attached hydrogens (tertiary/aromatic N) is 2. The van der Waals surface area contributed by atoms with Crippen LogP contribution in [0.2, 0.25) is 0 Å². The van der Waals surface area contributed by atoms with E-state index in [2.05, 4.69) is 15.3 Å². The Balaban J connectivity index is 1.73. The van der Waals surface area contributed by atoms with Gasteiger partial charge in [-0.2, -0.15) is 0 Å². The van der Waals surface area contributed by atoms with E-state index < -0.39 is 0 Å².